The first-order valence-electron chi connectivity index (χ1n) is 6.99. The molecule has 0 amide bonds. The van der Waals surface area contributed by atoms with E-state index in [1.165, 1.54) is 0 Å². The van der Waals surface area contributed by atoms with Crippen LogP contribution in [0.15, 0.2) is 58.3 Å². The van der Waals surface area contributed by atoms with E-state index >= 15 is 0 Å². The zero-order valence-electron chi connectivity index (χ0n) is 13.0. The molecule has 22 heavy (non-hydrogen) atoms. The fourth-order valence-electron chi connectivity index (χ4n) is 2.20. The molecule has 0 aromatic heterocycles. The van der Waals surface area contributed by atoms with E-state index in [0.717, 1.165) is 5.56 Å². The molecule has 2 rings (SSSR count). The van der Waals surface area contributed by atoms with Crippen LogP contribution in [-0.4, -0.2) is 21.1 Å². The van der Waals surface area contributed by atoms with Crippen molar-refractivity contribution < 1.29 is 13.2 Å². The van der Waals surface area contributed by atoms with Gasteiger partial charge in [-0.05, 0) is 62.2 Å². The van der Waals surface area contributed by atoms with E-state index in [0.29, 0.717) is 12.2 Å². The van der Waals surface area contributed by atoms with E-state index < -0.39 is 9.84 Å². The number of nitrogens with two attached hydrogens (primary N) is 1. The van der Waals surface area contributed by atoms with Gasteiger partial charge in [-0.2, -0.15) is 0 Å². The lowest BCUT2D eigenvalue weighted by molar-refractivity contribution is 0.414. The Balaban J connectivity index is 2.29. The molecule has 0 bridgehead atoms. The van der Waals surface area contributed by atoms with Gasteiger partial charge in [0.25, 0.3) is 0 Å². The second-order valence-corrected chi connectivity index (χ2v) is 7.94. The van der Waals surface area contributed by atoms with Crippen molar-refractivity contribution >= 4 is 9.84 Å². The molecular weight excluding hydrogens is 298 g/mol. The van der Waals surface area contributed by atoms with Crippen LogP contribution >= 0.6 is 0 Å². The van der Waals surface area contributed by atoms with Gasteiger partial charge < -0.3 is 10.5 Å². The molecule has 118 valence electrons. The molecule has 0 aliphatic rings. The van der Waals surface area contributed by atoms with Gasteiger partial charge in [-0.3, -0.25) is 0 Å². The topological polar surface area (TPSA) is 69.4 Å². The molecule has 0 saturated heterocycles. The first-order chi connectivity index (χ1) is 10.2. The van der Waals surface area contributed by atoms with E-state index in [2.05, 4.69) is 0 Å². The molecule has 0 fully saturated rings. The molecule has 0 saturated carbocycles. The summed E-state index contributed by atoms with van der Waals surface area (Å²) in [7, 11) is -1.97. The number of ether oxygens (including phenoxy) is 1. The molecule has 0 spiro atoms. The van der Waals surface area contributed by atoms with Gasteiger partial charge in [-0.25, -0.2) is 8.42 Å². The highest BCUT2D eigenvalue weighted by Gasteiger charge is 2.18. The van der Waals surface area contributed by atoms with E-state index in [9.17, 15) is 8.42 Å². The van der Waals surface area contributed by atoms with Crippen LogP contribution in [0.5, 0.6) is 5.75 Å². The van der Waals surface area contributed by atoms with Crippen molar-refractivity contribution in [3.8, 4) is 5.75 Å². The smallest absolute Gasteiger partial charge is 0.206 e. The predicted octanol–water partition coefficient (Wildman–Crippen LogP) is 2.81. The number of benzene rings is 2. The third-order valence-corrected chi connectivity index (χ3v) is 5.05. The van der Waals surface area contributed by atoms with Crippen LogP contribution in [0.1, 0.15) is 19.4 Å². The van der Waals surface area contributed by atoms with Crippen molar-refractivity contribution in [1.29, 1.82) is 0 Å². The van der Waals surface area contributed by atoms with Gasteiger partial charge in [0.1, 0.15) is 5.75 Å². The highest BCUT2D eigenvalue weighted by atomic mass is 32.2. The van der Waals surface area contributed by atoms with Crippen molar-refractivity contribution in [2.75, 3.05) is 7.11 Å². The highest BCUT2D eigenvalue weighted by Crippen LogP contribution is 2.23. The molecule has 2 aromatic carbocycles. The maximum atomic E-state index is 12.6. The lowest BCUT2D eigenvalue weighted by Crippen LogP contribution is -2.34. The van der Waals surface area contributed by atoms with Gasteiger partial charge in [-0.1, -0.05) is 12.1 Å². The molecule has 2 aromatic rings. The Hall–Kier alpha value is -1.85. The van der Waals surface area contributed by atoms with Crippen LogP contribution in [-0.2, 0) is 16.3 Å². The van der Waals surface area contributed by atoms with Gasteiger partial charge >= 0.3 is 0 Å². The number of hydrogen-bond donors (Lipinski definition) is 1. The minimum atomic E-state index is -3.51. The summed E-state index contributed by atoms with van der Waals surface area (Å²) in [5.41, 5.74) is 6.67. The summed E-state index contributed by atoms with van der Waals surface area (Å²) in [5.74, 6) is 0.625. The molecule has 5 heteroatoms. The number of methoxy groups -OCH3 is 1. The van der Waals surface area contributed by atoms with E-state index in [1.54, 1.807) is 43.5 Å². The Morgan fingerprint density at radius 1 is 0.955 bits per heavy atom. The zero-order chi connectivity index (χ0) is 16.4. The fraction of sp³-hybridized carbons (Fsp3) is 0.294. The van der Waals surface area contributed by atoms with Crippen LogP contribution in [0.4, 0.5) is 0 Å². The number of rotatable bonds is 5. The fourth-order valence-corrected chi connectivity index (χ4v) is 3.46. The molecule has 2 N–H and O–H groups in total. The van der Waals surface area contributed by atoms with Gasteiger partial charge in [0.05, 0.1) is 16.9 Å². The Bertz CT molecular complexity index is 727. The largest absolute Gasteiger partial charge is 0.497 e. The van der Waals surface area contributed by atoms with E-state index in [1.807, 2.05) is 26.0 Å². The van der Waals surface area contributed by atoms with Crippen molar-refractivity contribution in [1.82, 2.24) is 0 Å². The standard InChI is InChI=1S/C17H21NO3S/c1-17(2,18)12-13-4-8-15(9-5-13)22(19,20)16-10-6-14(21-3)7-11-16/h4-11H,12,18H2,1-3H3. The van der Waals surface area contributed by atoms with Crippen molar-refractivity contribution in [2.24, 2.45) is 5.73 Å². The quantitative estimate of drug-likeness (QED) is 0.920. The summed E-state index contributed by atoms with van der Waals surface area (Å²) in [6.45, 7) is 3.88. The lowest BCUT2D eigenvalue weighted by Gasteiger charge is -2.18. The third kappa shape index (κ3) is 3.87. The average molecular weight is 319 g/mol. The van der Waals surface area contributed by atoms with Crippen LogP contribution in [0, 0.1) is 0 Å². The van der Waals surface area contributed by atoms with E-state index in [4.69, 9.17) is 10.5 Å². The minimum absolute atomic E-state index is 0.250. The zero-order valence-corrected chi connectivity index (χ0v) is 13.9. The summed E-state index contributed by atoms with van der Waals surface area (Å²) in [4.78, 5) is 0.524. The van der Waals surface area contributed by atoms with Gasteiger partial charge in [0, 0.05) is 5.54 Å². The molecule has 0 atom stereocenters. The van der Waals surface area contributed by atoms with Crippen LogP contribution in [0.2, 0.25) is 0 Å². The molecule has 0 radical (unpaired) electrons. The summed E-state index contributed by atoms with van der Waals surface area (Å²) in [5, 5.41) is 0. The summed E-state index contributed by atoms with van der Waals surface area (Å²) in [6.07, 6.45) is 0.690. The number of hydrogen-bond acceptors (Lipinski definition) is 4. The minimum Gasteiger partial charge on any atom is -0.497 e. The second kappa shape index (κ2) is 6.10. The molecule has 0 unspecified atom stereocenters. The molecule has 0 aliphatic heterocycles. The Labute approximate surface area is 131 Å². The van der Waals surface area contributed by atoms with Crippen LogP contribution in [0.3, 0.4) is 0 Å². The van der Waals surface area contributed by atoms with Gasteiger partial charge in [0.15, 0.2) is 0 Å². The monoisotopic (exact) mass is 319 g/mol. The predicted molar refractivity (Wildman–Crippen MR) is 86.9 cm³/mol. The second-order valence-electron chi connectivity index (χ2n) is 5.99. The Morgan fingerprint density at radius 3 is 1.82 bits per heavy atom. The Morgan fingerprint density at radius 2 is 1.41 bits per heavy atom. The van der Waals surface area contributed by atoms with Crippen LogP contribution < -0.4 is 10.5 Å². The van der Waals surface area contributed by atoms with Gasteiger partial charge in [0.2, 0.25) is 9.84 Å². The summed E-state index contributed by atoms with van der Waals surface area (Å²) < 4.78 is 30.2. The highest BCUT2D eigenvalue weighted by molar-refractivity contribution is 7.91. The molecular formula is C17H21NO3S. The van der Waals surface area contributed by atoms with Crippen molar-refractivity contribution in [2.45, 2.75) is 35.6 Å². The SMILES string of the molecule is COc1ccc(S(=O)(=O)c2ccc(CC(C)(C)N)cc2)cc1. The summed E-state index contributed by atoms with van der Waals surface area (Å²) >= 11 is 0. The molecule has 4 nitrogen and oxygen atoms in total. The first kappa shape index (κ1) is 16.5. The Kier molecular flexibility index (Phi) is 4.58. The maximum Gasteiger partial charge on any atom is 0.206 e. The first-order valence-corrected chi connectivity index (χ1v) is 8.48. The lowest BCUT2D eigenvalue weighted by atomic mass is 9.96. The van der Waals surface area contributed by atoms with Gasteiger partial charge in [-0.15, -0.1) is 0 Å². The molecule has 0 heterocycles. The van der Waals surface area contributed by atoms with Crippen molar-refractivity contribution in [3.05, 3.63) is 54.1 Å². The number of sulfone groups is 1. The third-order valence-electron chi connectivity index (χ3n) is 3.26. The van der Waals surface area contributed by atoms with Crippen molar-refractivity contribution in [3.63, 3.8) is 0 Å². The van der Waals surface area contributed by atoms with E-state index in [-0.39, 0.29) is 15.3 Å². The average Bonchev–Trinajstić information content (AvgIpc) is 2.46. The summed E-state index contributed by atoms with van der Waals surface area (Å²) in [6, 6.07) is 13.2. The molecule has 0 aliphatic carbocycles. The van der Waals surface area contributed by atoms with Crippen LogP contribution in [0.25, 0.3) is 0 Å². The maximum absolute atomic E-state index is 12.6. The normalized spacial score (nSPS) is 12.2.